The number of nitrogens with zero attached hydrogens (tertiary/aromatic N) is 2. The van der Waals surface area contributed by atoms with Crippen molar-refractivity contribution in [3.05, 3.63) is 37.0 Å². The Hall–Kier alpha value is -1.82. The van der Waals surface area contributed by atoms with Gasteiger partial charge in [-0.05, 0) is 30.3 Å². The summed E-state index contributed by atoms with van der Waals surface area (Å²) in [6.07, 6.45) is 10.3. The lowest BCUT2D eigenvalue weighted by Crippen LogP contribution is -2.43. The number of nitriles is 1. The predicted octanol–water partition coefficient (Wildman–Crippen LogP) is 4.00. The maximum absolute atomic E-state index is 12.3. The fourth-order valence-electron chi connectivity index (χ4n) is 3.08. The van der Waals surface area contributed by atoms with E-state index in [2.05, 4.69) is 26.2 Å². The highest BCUT2D eigenvalue weighted by Crippen LogP contribution is 2.39. The van der Waals surface area contributed by atoms with Crippen LogP contribution in [0.2, 0.25) is 0 Å². The maximum Gasteiger partial charge on any atom is 0.226 e. The number of allylic oxidation sites excluding steroid dienone is 3. The molecule has 0 unspecified atom stereocenters. The van der Waals surface area contributed by atoms with Gasteiger partial charge in [-0.3, -0.25) is 4.79 Å². The van der Waals surface area contributed by atoms with Gasteiger partial charge in [0.2, 0.25) is 5.91 Å². The van der Waals surface area contributed by atoms with Crippen LogP contribution < -0.4 is 0 Å². The van der Waals surface area contributed by atoms with Gasteiger partial charge < -0.3 is 4.90 Å². The topological polar surface area (TPSA) is 44.1 Å². The Morgan fingerprint density at radius 2 is 2.05 bits per heavy atom. The third-order valence-electron chi connectivity index (χ3n) is 4.36. The molecule has 0 aromatic heterocycles. The van der Waals surface area contributed by atoms with E-state index in [9.17, 15) is 4.79 Å². The zero-order chi connectivity index (χ0) is 15.7. The van der Waals surface area contributed by atoms with E-state index in [0.29, 0.717) is 12.8 Å². The first kappa shape index (κ1) is 17.2. The molecule has 1 saturated heterocycles. The van der Waals surface area contributed by atoms with Crippen molar-refractivity contribution >= 4 is 5.91 Å². The van der Waals surface area contributed by atoms with Crippen LogP contribution >= 0.6 is 0 Å². The fourth-order valence-corrected chi connectivity index (χ4v) is 3.08. The lowest BCUT2D eigenvalue weighted by atomic mass is 9.73. The number of rotatable bonds is 7. The van der Waals surface area contributed by atoms with Crippen LogP contribution in [0.4, 0.5) is 0 Å². The van der Waals surface area contributed by atoms with E-state index in [1.54, 1.807) is 12.2 Å². The summed E-state index contributed by atoms with van der Waals surface area (Å²) in [6, 6.07) is 2.33. The second-order valence-corrected chi connectivity index (χ2v) is 5.82. The molecule has 0 bridgehead atoms. The normalized spacial score (nSPS) is 17.9. The smallest absolute Gasteiger partial charge is 0.226 e. The molecule has 3 nitrogen and oxygen atoms in total. The molecule has 3 heteroatoms. The van der Waals surface area contributed by atoms with Crippen molar-refractivity contribution in [2.45, 2.75) is 45.4 Å². The van der Waals surface area contributed by atoms with Crippen molar-refractivity contribution in [1.82, 2.24) is 4.90 Å². The molecule has 0 radical (unpaired) electrons. The second kappa shape index (κ2) is 8.46. The van der Waals surface area contributed by atoms with E-state index >= 15 is 0 Å². The number of carbonyl (C=O) groups excluding carboxylic acids is 1. The van der Waals surface area contributed by atoms with E-state index < -0.39 is 0 Å². The molecule has 1 heterocycles. The minimum absolute atomic E-state index is 0.124. The largest absolute Gasteiger partial charge is 0.342 e. The predicted molar refractivity (Wildman–Crippen MR) is 86.5 cm³/mol. The highest BCUT2D eigenvalue weighted by molar-refractivity contribution is 5.79. The second-order valence-electron chi connectivity index (χ2n) is 5.82. The minimum atomic E-state index is 0.124. The SMILES string of the molecule is C=C/C=C(\C=C)CC(=O)N1CCC(CC#N)(CCC)CC1. The van der Waals surface area contributed by atoms with Gasteiger partial charge in [-0.15, -0.1) is 0 Å². The maximum atomic E-state index is 12.3. The Morgan fingerprint density at radius 1 is 1.38 bits per heavy atom. The van der Waals surface area contributed by atoms with Crippen LogP contribution in [-0.4, -0.2) is 23.9 Å². The highest BCUT2D eigenvalue weighted by Gasteiger charge is 2.34. The number of hydrogen-bond acceptors (Lipinski definition) is 2. The zero-order valence-electron chi connectivity index (χ0n) is 13.1. The molecule has 1 fully saturated rings. The molecule has 0 spiro atoms. The molecule has 0 aliphatic carbocycles. The van der Waals surface area contributed by atoms with Crippen molar-refractivity contribution in [2.75, 3.05) is 13.1 Å². The quantitative estimate of drug-likeness (QED) is 0.664. The van der Waals surface area contributed by atoms with E-state index in [-0.39, 0.29) is 11.3 Å². The molecule has 1 amide bonds. The summed E-state index contributed by atoms with van der Waals surface area (Å²) in [7, 11) is 0. The number of carbonyl (C=O) groups is 1. The Kier molecular flexibility index (Phi) is 6.94. The molecule has 0 N–H and O–H groups in total. The average molecular weight is 286 g/mol. The van der Waals surface area contributed by atoms with Crippen LogP contribution in [0.3, 0.4) is 0 Å². The number of piperidine rings is 1. The lowest BCUT2D eigenvalue weighted by Gasteiger charge is -2.40. The van der Waals surface area contributed by atoms with Crippen molar-refractivity contribution < 1.29 is 4.79 Å². The standard InChI is InChI=1S/C18H26N2O/c1-4-7-16(6-3)15-17(21)20-13-10-18(8-5-2,9-12-19)11-14-20/h4,6-7H,1,3,5,8-11,13-15H2,2H3/b16-7+. The first-order chi connectivity index (χ1) is 10.1. The third kappa shape index (κ3) is 4.90. The summed E-state index contributed by atoms with van der Waals surface area (Å²) < 4.78 is 0. The molecule has 0 aromatic rings. The summed E-state index contributed by atoms with van der Waals surface area (Å²) in [5.74, 6) is 0.144. The van der Waals surface area contributed by atoms with Gasteiger partial charge in [-0.25, -0.2) is 0 Å². The van der Waals surface area contributed by atoms with Crippen LogP contribution in [0.5, 0.6) is 0 Å². The summed E-state index contributed by atoms with van der Waals surface area (Å²) in [6.45, 7) is 11.1. The van der Waals surface area contributed by atoms with E-state index in [1.165, 1.54) is 0 Å². The van der Waals surface area contributed by atoms with Crippen molar-refractivity contribution in [3.63, 3.8) is 0 Å². The third-order valence-corrected chi connectivity index (χ3v) is 4.36. The van der Waals surface area contributed by atoms with Crippen LogP contribution in [0.15, 0.2) is 37.0 Å². The number of hydrogen-bond donors (Lipinski definition) is 0. The first-order valence-electron chi connectivity index (χ1n) is 7.69. The number of likely N-dealkylation sites (tertiary alicyclic amines) is 1. The molecule has 0 aromatic carbocycles. The van der Waals surface area contributed by atoms with Gasteiger partial charge >= 0.3 is 0 Å². The van der Waals surface area contributed by atoms with E-state index in [0.717, 1.165) is 44.3 Å². The van der Waals surface area contributed by atoms with Crippen LogP contribution in [0, 0.1) is 16.7 Å². The molecule has 114 valence electrons. The Morgan fingerprint density at radius 3 is 2.52 bits per heavy atom. The molecule has 1 rings (SSSR count). The van der Waals surface area contributed by atoms with E-state index in [1.807, 2.05) is 11.0 Å². The van der Waals surface area contributed by atoms with Crippen LogP contribution in [0.25, 0.3) is 0 Å². The van der Waals surface area contributed by atoms with Gasteiger partial charge in [0, 0.05) is 19.5 Å². The van der Waals surface area contributed by atoms with Gasteiger partial charge in [0.05, 0.1) is 12.5 Å². The zero-order valence-corrected chi connectivity index (χ0v) is 13.1. The molecular formula is C18H26N2O. The molecule has 0 atom stereocenters. The van der Waals surface area contributed by atoms with Crippen molar-refractivity contribution in [1.29, 1.82) is 5.26 Å². The molecule has 21 heavy (non-hydrogen) atoms. The first-order valence-corrected chi connectivity index (χ1v) is 7.69. The summed E-state index contributed by atoms with van der Waals surface area (Å²) in [5, 5.41) is 9.04. The fraction of sp³-hybridized carbons (Fsp3) is 0.556. The number of amides is 1. The lowest BCUT2D eigenvalue weighted by molar-refractivity contribution is -0.132. The van der Waals surface area contributed by atoms with Crippen molar-refractivity contribution in [3.8, 4) is 6.07 Å². The van der Waals surface area contributed by atoms with Gasteiger partial charge in [0.15, 0.2) is 0 Å². The van der Waals surface area contributed by atoms with Crippen LogP contribution in [0.1, 0.15) is 45.4 Å². The Balaban J connectivity index is 2.61. The highest BCUT2D eigenvalue weighted by atomic mass is 16.2. The summed E-state index contributed by atoms with van der Waals surface area (Å²) in [4.78, 5) is 14.2. The Labute approximate surface area is 128 Å². The van der Waals surface area contributed by atoms with Crippen LogP contribution in [-0.2, 0) is 4.79 Å². The monoisotopic (exact) mass is 286 g/mol. The van der Waals surface area contributed by atoms with Gasteiger partial charge in [-0.2, -0.15) is 5.26 Å². The molecule has 1 aliphatic heterocycles. The summed E-state index contributed by atoms with van der Waals surface area (Å²) in [5.41, 5.74) is 1.02. The molecular weight excluding hydrogens is 260 g/mol. The Bertz CT molecular complexity index is 448. The summed E-state index contributed by atoms with van der Waals surface area (Å²) >= 11 is 0. The van der Waals surface area contributed by atoms with Gasteiger partial charge in [0.25, 0.3) is 0 Å². The van der Waals surface area contributed by atoms with E-state index in [4.69, 9.17) is 5.26 Å². The minimum Gasteiger partial charge on any atom is -0.342 e. The molecule has 1 aliphatic rings. The van der Waals surface area contributed by atoms with Gasteiger partial charge in [-0.1, -0.05) is 44.7 Å². The molecule has 0 saturated carbocycles. The van der Waals surface area contributed by atoms with Gasteiger partial charge in [0.1, 0.15) is 0 Å². The van der Waals surface area contributed by atoms with Crippen molar-refractivity contribution in [2.24, 2.45) is 5.41 Å². The average Bonchev–Trinajstić information content (AvgIpc) is 2.48.